The summed E-state index contributed by atoms with van der Waals surface area (Å²) in [6.07, 6.45) is 13.1. The highest BCUT2D eigenvalue weighted by Crippen LogP contribution is 2.23. The van der Waals surface area contributed by atoms with E-state index in [4.69, 9.17) is 6.42 Å². The van der Waals surface area contributed by atoms with Crippen LogP contribution in [0.25, 0.3) is 0 Å². The fraction of sp³-hybridized carbons (Fsp3) is 0.867. The van der Waals surface area contributed by atoms with Gasteiger partial charge in [-0.3, -0.25) is 9.80 Å². The standard InChI is InChI=1S/C15H26N2/c1-3-8-14(4-2)17-12-7-11-16-10-6-5-9-15(16)13-17/h1,14-15H,4-13H2,2H3. The van der Waals surface area contributed by atoms with Gasteiger partial charge in [-0.25, -0.2) is 0 Å². The molecule has 2 unspecified atom stereocenters. The number of terminal acetylenes is 1. The van der Waals surface area contributed by atoms with E-state index in [2.05, 4.69) is 22.6 Å². The third kappa shape index (κ3) is 3.24. The first-order valence-electron chi connectivity index (χ1n) is 7.26. The van der Waals surface area contributed by atoms with E-state index < -0.39 is 0 Å². The lowest BCUT2D eigenvalue weighted by atomic mass is 10.0. The van der Waals surface area contributed by atoms with Crippen LogP contribution in [0.1, 0.15) is 45.4 Å². The molecule has 2 nitrogen and oxygen atoms in total. The first-order valence-corrected chi connectivity index (χ1v) is 7.26. The highest BCUT2D eigenvalue weighted by Gasteiger charge is 2.29. The summed E-state index contributed by atoms with van der Waals surface area (Å²) in [7, 11) is 0. The van der Waals surface area contributed by atoms with Crippen molar-refractivity contribution < 1.29 is 0 Å². The zero-order valence-electron chi connectivity index (χ0n) is 11.2. The predicted molar refractivity (Wildman–Crippen MR) is 72.9 cm³/mol. The van der Waals surface area contributed by atoms with Crippen molar-refractivity contribution in [2.75, 3.05) is 26.2 Å². The minimum Gasteiger partial charge on any atom is -0.299 e. The first-order chi connectivity index (χ1) is 8.35. The van der Waals surface area contributed by atoms with E-state index in [0.29, 0.717) is 6.04 Å². The Balaban J connectivity index is 1.97. The van der Waals surface area contributed by atoms with Gasteiger partial charge in [0.05, 0.1) is 0 Å². The lowest BCUT2D eigenvalue weighted by molar-refractivity contribution is 0.119. The largest absolute Gasteiger partial charge is 0.299 e. The molecule has 0 aromatic heterocycles. The number of nitrogens with zero attached hydrogens (tertiary/aromatic N) is 2. The van der Waals surface area contributed by atoms with E-state index in [1.54, 1.807) is 0 Å². The number of fused-ring (bicyclic) bond motifs is 1. The molecule has 0 bridgehead atoms. The molecule has 2 rings (SSSR count). The predicted octanol–water partition coefficient (Wildman–Crippen LogP) is 2.35. The van der Waals surface area contributed by atoms with Crippen molar-refractivity contribution in [3.8, 4) is 12.3 Å². The smallest absolute Gasteiger partial charge is 0.0242 e. The third-order valence-electron chi connectivity index (χ3n) is 4.43. The van der Waals surface area contributed by atoms with Crippen LogP contribution in [0.4, 0.5) is 0 Å². The van der Waals surface area contributed by atoms with Crippen LogP contribution in [0.5, 0.6) is 0 Å². The van der Waals surface area contributed by atoms with Crippen LogP contribution in [0.2, 0.25) is 0 Å². The van der Waals surface area contributed by atoms with Gasteiger partial charge in [-0.1, -0.05) is 13.3 Å². The van der Waals surface area contributed by atoms with E-state index in [-0.39, 0.29) is 0 Å². The summed E-state index contributed by atoms with van der Waals surface area (Å²) in [5.41, 5.74) is 0. The molecule has 0 saturated carbocycles. The number of hydrogen-bond donors (Lipinski definition) is 0. The van der Waals surface area contributed by atoms with Gasteiger partial charge >= 0.3 is 0 Å². The van der Waals surface area contributed by atoms with Gasteiger partial charge in [-0.15, -0.1) is 12.3 Å². The van der Waals surface area contributed by atoms with Gasteiger partial charge in [-0.05, 0) is 45.3 Å². The maximum atomic E-state index is 5.50. The Bertz CT molecular complexity index is 269. The van der Waals surface area contributed by atoms with Crippen LogP contribution in [0.3, 0.4) is 0 Å². The van der Waals surface area contributed by atoms with E-state index >= 15 is 0 Å². The first kappa shape index (κ1) is 12.9. The Morgan fingerprint density at radius 3 is 2.82 bits per heavy atom. The van der Waals surface area contributed by atoms with Gasteiger partial charge in [0.1, 0.15) is 0 Å². The molecule has 2 fully saturated rings. The molecule has 96 valence electrons. The van der Waals surface area contributed by atoms with Crippen LogP contribution in [0, 0.1) is 12.3 Å². The fourth-order valence-corrected chi connectivity index (χ4v) is 3.40. The van der Waals surface area contributed by atoms with Crippen molar-refractivity contribution in [3.05, 3.63) is 0 Å². The van der Waals surface area contributed by atoms with E-state index in [9.17, 15) is 0 Å². The average molecular weight is 234 g/mol. The normalized spacial score (nSPS) is 29.1. The van der Waals surface area contributed by atoms with Crippen LogP contribution >= 0.6 is 0 Å². The molecule has 0 N–H and O–H groups in total. The lowest BCUT2D eigenvalue weighted by Gasteiger charge is -2.37. The summed E-state index contributed by atoms with van der Waals surface area (Å²) < 4.78 is 0. The van der Waals surface area contributed by atoms with Gasteiger partial charge in [0, 0.05) is 25.0 Å². The minimum atomic E-state index is 0.613. The summed E-state index contributed by atoms with van der Waals surface area (Å²) >= 11 is 0. The summed E-state index contributed by atoms with van der Waals surface area (Å²) in [4.78, 5) is 5.38. The van der Waals surface area contributed by atoms with Crippen molar-refractivity contribution in [2.24, 2.45) is 0 Å². The zero-order chi connectivity index (χ0) is 12.1. The Labute approximate surface area is 106 Å². The monoisotopic (exact) mass is 234 g/mol. The second-order valence-electron chi connectivity index (χ2n) is 5.50. The third-order valence-corrected chi connectivity index (χ3v) is 4.43. The average Bonchev–Trinajstić information content (AvgIpc) is 2.57. The van der Waals surface area contributed by atoms with Gasteiger partial charge in [0.25, 0.3) is 0 Å². The zero-order valence-corrected chi connectivity index (χ0v) is 11.2. The number of piperidine rings is 1. The van der Waals surface area contributed by atoms with E-state index in [1.165, 1.54) is 58.3 Å². The second kappa shape index (κ2) is 6.42. The lowest BCUT2D eigenvalue weighted by Crippen LogP contribution is -2.46. The number of rotatable bonds is 3. The van der Waals surface area contributed by atoms with Crippen molar-refractivity contribution in [3.63, 3.8) is 0 Å². The SMILES string of the molecule is C#CCC(CC)N1CCCN2CCCCC2C1. The maximum absolute atomic E-state index is 5.50. The summed E-state index contributed by atoms with van der Waals surface area (Å²) in [5.74, 6) is 2.85. The van der Waals surface area contributed by atoms with Crippen molar-refractivity contribution in [2.45, 2.75) is 57.5 Å². The second-order valence-corrected chi connectivity index (χ2v) is 5.50. The van der Waals surface area contributed by atoms with Gasteiger partial charge < -0.3 is 0 Å². The summed E-state index contributed by atoms with van der Waals surface area (Å²) in [5, 5.41) is 0. The molecule has 0 spiro atoms. The molecular formula is C15H26N2. The molecule has 0 aromatic rings. The molecule has 2 heteroatoms. The molecule has 0 aliphatic carbocycles. The molecule has 2 heterocycles. The highest BCUT2D eigenvalue weighted by molar-refractivity contribution is 4.93. The molecule has 2 aliphatic rings. The van der Waals surface area contributed by atoms with Gasteiger partial charge in [0.15, 0.2) is 0 Å². The topological polar surface area (TPSA) is 6.48 Å². The Morgan fingerprint density at radius 2 is 2.06 bits per heavy atom. The fourth-order valence-electron chi connectivity index (χ4n) is 3.40. The summed E-state index contributed by atoms with van der Waals surface area (Å²) in [6.45, 7) is 7.39. The van der Waals surface area contributed by atoms with E-state index in [1.807, 2.05) is 0 Å². The van der Waals surface area contributed by atoms with Crippen LogP contribution in [-0.2, 0) is 0 Å². The maximum Gasteiger partial charge on any atom is 0.0242 e. The van der Waals surface area contributed by atoms with Gasteiger partial charge in [0.2, 0.25) is 0 Å². The molecule has 0 amide bonds. The minimum absolute atomic E-state index is 0.613. The Hall–Kier alpha value is -0.520. The molecule has 2 saturated heterocycles. The molecule has 0 aromatic carbocycles. The van der Waals surface area contributed by atoms with Crippen molar-refractivity contribution in [1.82, 2.24) is 9.80 Å². The number of hydrogen-bond acceptors (Lipinski definition) is 2. The summed E-state index contributed by atoms with van der Waals surface area (Å²) in [6, 6.07) is 1.42. The molecule has 17 heavy (non-hydrogen) atoms. The molecular weight excluding hydrogens is 208 g/mol. The Morgan fingerprint density at radius 1 is 1.24 bits per heavy atom. The van der Waals surface area contributed by atoms with Crippen molar-refractivity contribution in [1.29, 1.82) is 0 Å². The quantitative estimate of drug-likeness (QED) is 0.692. The van der Waals surface area contributed by atoms with Crippen molar-refractivity contribution >= 4 is 0 Å². The van der Waals surface area contributed by atoms with Gasteiger partial charge in [-0.2, -0.15) is 0 Å². The molecule has 2 aliphatic heterocycles. The van der Waals surface area contributed by atoms with Crippen LogP contribution < -0.4 is 0 Å². The van der Waals surface area contributed by atoms with Crippen LogP contribution in [0.15, 0.2) is 0 Å². The molecule has 0 radical (unpaired) electrons. The highest BCUT2D eigenvalue weighted by atomic mass is 15.3. The van der Waals surface area contributed by atoms with Crippen LogP contribution in [-0.4, -0.2) is 48.1 Å². The Kier molecular flexibility index (Phi) is 4.88. The van der Waals surface area contributed by atoms with E-state index in [0.717, 1.165) is 12.5 Å². The molecule has 2 atom stereocenters.